The van der Waals surface area contributed by atoms with Crippen molar-refractivity contribution in [1.82, 2.24) is 9.78 Å². The van der Waals surface area contributed by atoms with Gasteiger partial charge in [-0.3, -0.25) is 0 Å². The summed E-state index contributed by atoms with van der Waals surface area (Å²) < 4.78 is 7.15. The summed E-state index contributed by atoms with van der Waals surface area (Å²) in [4.78, 5) is 0. The number of fused-ring (bicyclic) bond motifs is 1. The molecule has 0 saturated heterocycles. The maximum atomic E-state index is 9.46. The van der Waals surface area contributed by atoms with Crippen molar-refractivity contribution in [3.63, 3.8) is 0 Å². The van der Waals surface area contributed by atoms with Gasteiger partial charge in [-0.25, -0.2) is 4.68 Å². The molecule has 1 aliphatic rings. The van der Waals surface area contributed by atoms with Crippen LogP contribution in [-0.4, -0.2) is 16.9 Å². The summed E-state index contributed by atoms with van der Waals surface area (Å²) in [5.41, 5.74) is 3.62. The van der Waals surface area contributed by atoms with Crippen molar-refractivity contribution in [2.45, 2.75) is 26.3 Å². The zero-order valence-electron chi connectivity index (χ0n) is 12.9. The van der Waals surface area contributed by atoms with Crippen molar-refractivity contribution in [3.05, 3.63) is 52.9 Å². The van der Waals surface area contributed by atoms with Gasteiger partial charge in [0.25, 0.3) is 0 Å². The highest BCUT2D eigenvalue weighted by Crippen LogP contribution is 2.33. The number of methoxy groups -OCH3 is 1. The van der Waals surface area contributed by atoms with Crippen LogP contribution in [-0.2, 0) is 6.42 Å². The molecule has 0 bridgehead atoms. The van der Waals surface area contributed by atoms with Crippen LogP contribution in [0.3, 0.4) is 0 Å². The first kappa shape index (κ1) is 14.2. The fourth-order valence-electron chi connectivity index (χ4n) is 2.71. The molecular weight excluding hydrogens is 276 g/mol. The Balaban J connectivity index is 2.13. The van der Waals surface area contributed by atoms with Crippen LogP contribution in [0.1, 0.15) is 36.7 Å². The number of nitrogens with zero attached hydrogens (tertiary/aromatic N) is 3. The van der Waals surface area contributed by atoms with Gasteiger partial charge in [0.05, 0.1) is 24.4 Å². The number of nitrogens with one attached hydrogen (secondary N) is 1. The first-order valence-electron chi connectivity index (χ1n) is 7.28. The van der Waals surface area contributed by atoms with Gasteiger partial charge >= 0.3 is 0 Å². The SMILES string of the molecule is CCc1cc2n(n1)C(c1ccc(OC)cc1C#N)C=C(C)N2. The monoisotopic (exact) mass is 294 g/mol. The van der Waals surface area contributed by atoms with E-state index >= 15 is 0 Å². The molecule has 1 aromatic heterocycles. The smallest absolute Gasteiger partial charge is 0.129 e. The molecule has 1 N–H and O–H groups in total. The molecule has 5 nitrogen and oxygen atoms in total. The number of allylic oxidation sites excluding steroid dienone is 2. The van der Waals surface area contributed by atoms with Crippen molar-refractivity contribution in [3.8, 4) is 11.8 Å². The quantitative estimate of drug-likeness (QED) is 0.944. The minimum Gasteiger partial charge on any atom is -0.497 e. The van der Waals surface area contributed by atoms with Gasteiger partial charge in [0.15, 0.2) is 0 Å². The van der Waals surface area contributed by atoms with Crippen LogP contribution in [0.15, 0.2) is 36.0 Å². The Labute approximate surface area is 129 Å². The van der Waals surface area contributed by atoms with E-state index < -0.39 is 0 Å². The molecule has 0 amide bonds. The second-order valence-electron chi connectivity index (χ2n) is 5.30. The Hall–Kier alpha value is -2.74. The number of aryl methyl sites for hydroxylation is 1. The lowest BCUT2D eigenvalue weighted by Gasteiger charge is -2.24. The third-order valence-corrected chi connectivity index (χ3v) is 3.84. The van der Waals surface area contributed by atoms with Crippen LogP contribution in [0.5, 0.6) is 5.75 Å². The predicted octanol–water partition coefficient (Wildman–Crippen LogP) is 3.24. The Morgan fingerprint density at radius 1 is 1.41 bits per heavy atom. The lowest BCUT2D eigenvalue weighted by molar-refractivity contribution is 0.414. The van der Waals surface area contributed by atoms with Crippen LogP contribution >= 0.6 is 0 Å². The Bertz CT molecular complexity index is 782. The number of aromatic nitrogens is 2. The maximum Gasteiger partial charge on any atom is 0.129 e. The van der Waals surface area contributed by atoms with Crippen molar-refractivity contribution in [1.29, 1.82) is 5.26 Å². The van der Waals surface area contributed by atoms with Gasteiger partial charge in [-0.15, -0.1) is 0 Å². The molecule has 0 spiro atoms. The first-order valence-corrected chi connectivity index (χ1v) is 7.28. The summed E-state index contributed by atoms with van der Waals surface area (Å²) in [6.07, 6.45) is 2.96. The van der Waals surface area contributed by atoms with E-state index in [1.807, 2.05) is 23.7 Å². The molecule has 22 heavy (non-hydrogen) atoms. The number of ether oxygens (including phenoxy) is 1. The lowest BCUT2D eigenvalue weighted by atomic mass is 9.99. The van der Waals surface area contributed by atoms with E-state index in [1.165, 1.54) is 0 Å². The van der Waals surface area contributed by atoms with Gasteiger partial charge in [0, 0.05) is 11.8 Å². The molecule has 1 aliphatic heterocycles. The van der Waals surface area contributed by atoms with Crippen LogP contribution in [0, 0.1) is 11.3 Å². The van der Waals surface area contributed by atoms with Crippen LogP contribution in [0.4, 0.5) is 5.82 Å². The topological polar surface area (TPSA) is 62.9 Å². The minimum absolute atomic E-state index is 0.0860. The minimum atomic E-state index is -0.0860. The number of hydrogen-bond acceptors (Lipinski definition) is 4. The zero-order chi connectivity index (χ0) is 15.7. The number of nitriles is 1. The van der Waals surface area contributed by atoms with Crippen LogP contribution < -0.4 is 10.1 Å². The maximum absolute atomic E-state index is 9.46. The highest BCUT2D eigenvalue weighted by Gasteiger charge is 2.24. The van der Waals surface area contributed by atoms with Gasteiger partial charge in [0.1, 0.15) is 17.6 Å². The molecule has 0 radical (unpaired) electrons. The first-order chi connectivity index (χ1) is 10.7. The summed E-state index contributed by atoms with van der Waals surface area (Å²) in [6, 6.07) is 9.82. The molecule has 112 valence electrons. The number of hydrogen-bond donors (Lipinski definition) is 1. The number of rotatable bonds is 3. The number of benzene rings is 1. The second-order valence-corrected chi connectivity index (χ2v) is 5.30. The average molecular weight is 294 g/mol. The highest BCUT2D eigenvalue weighted by molar-refractivity contribution is 5.53. The molecular formula is C17H18N4O. The molecule has 1 aromatic carbocycles. The fourth-order valence-corrected chi connectivity index (χ4v) is 2.71. The van der Waals surface area contributed by atoms with E-state index in [4.69, 9.17) is 4.74 Å². The van der Waals surface area contributed by atoms with Crippen LogP contribution in [0.25, 0.3) is 0 Å². The van der Waals surface area contributed by atoms with E-state index in [2.05, 4.69) is 35.6 Å². The summed E-state index contributed by atoms with van der Waals surface area (Å²) in [6.45, 7) is 4.10. The Morgan fingerprint density at radius 3 is 2.91 bits per heavy atom. The van der Waals surface area contributed by atoms with Crippen LogP contribution in [0.2, 0.25) is 0 Å². The summed E-state index contributed by atoms with van der Waals surface area (Å²) >= 11 is 0. The van der Waals surface area contributed by atoms with Crippen molar-refractivity contribution in [2.24, 2.45) is 0 Å². The van der Waals surface area contributed by atoms with Gasteiger partial charge < -0.3 is 10.1 Å². The van der Waals surface area contributed by atoms with Gasteiger partial charge in [-0.05, 0) is 37.1 Å². The molecule has 3 rings (SSSR count). The van der Waals surface area contributed by atoms with Crippen molar-refractivity contribution in [2.75, 3.05) is 12.4 Å². The predicted molar refractivity (Wildman–Crippen MR) is 84.8 cm³/mol. The molecule has 0 aliphatic carbocycles. The second kappa shape index (κ2) is 5.57. The molecule has 0 fully saturated rings. The summed E-state index contributed by atoms with van der Waals surface area (Å²) in [5.74, 6) is 1.64. The Morgan fingerprint density at radius 2 is 2.23 bits per heavy atom. The van der Waals surface area contributed by atoms with Gasteiger partial charge in [-0.1, -0.05) is 13.0 Å². The fraction of sp³-hybridized carbons (Fsp3) is 0.294. The number of anilines is 1. The average Bonchev–Trinajstić information content (AvgIpc) is 2.96. The van der Waals surface area contributed by atoms with E-state index in [9.17, 15) is 5.26 Å². The molecule has 2 heterocycles. The molecule has 2 aromatic rings. The van der Waals surface area contributed by atoms with Crippen molar-refractivity contribution >= 4 is 5.82 Å². The summed E-state index contributed by atoms with van der Waals surface area (Å²) in [7, 11) is 1.60. The zero-order valence-corrected chi connectivity index (χ0v) is 12.9. The standard InChI is InChI=1S/C17H18N4O/c1-4-13-9-17-19-11(2)7-16(21(17)20-13)15-6-5-14(22-3)8-12(15)10-18/h5-9,16,19H,4H2,1-3H3. The van der Waals surface area contributed by atoms with Crippen molar-refractivity contribution < 1.29 is 4.74 Å². The molecule has 0 saturated carbocycles. The lowest BCUT2D eigenvalue weighted by Crippen LogP contribution is -2.20. The Kier molecular flexibility index (Phi) is 3.60. The van der Waals surface area contributed by atoms with E-state index in [0.717, 1.165) is 29.2 Å². The largest absolute Gasteiger partial charge is 0.497 e. The normalized spacial score (nSPS) is 16.3. The van der Waals surface area contributed by atoms with Gasteiger partial charge in [0.2, 0.25) is 0 Å². The third kappa shape index (κ3) is 2.33. The molecule has 1 atom stereocenters. The van der Waals surface area contributed by atoms with E-state index in [-0.39, 0.29) is 6.04 Å². The molecule has 1 unspecified atom stereocenters. The van der Waals surface area contributed by atoms with E-state index in [0.29, 0.717) is 11.3 Å². The highest BCUT2D eigenvalue weighted by atomic mass is 16.5. The van der Waals surface area contributed by atoms with E-state index in [1.54, 1.807) is 13.2 Å². The molecule has 5 heteroatoms. The summed E-state index contributed by atoms with van der Waals surface area (Å²) in [5, 5.41) is 17.4. The third-order valence-electron chi connectivity index (χ3n) is 3.84. The van der Waals surface area contributed by atoms with Gasteiger partial charge in [-0.2, -0.15) is 10.4 Å².